The predicted octanol–water partition coefficient (Wildman–Crippen LogP) is 5.75. The van der Waals surface area contributed by atoms with Gasteiger partial charge in [-0.15, -0.1) is 11.3 Å². The van der Waals surface area contributed by atoms with Crippen molar-refractivity contribution in [1.82, 2.24) is 10.2 Å². The average Bonchev–Trinajstić information content (AvgIpc) is 3.05. The van der Waals surface area contributed by atoms with E-state index in [2.05, 4.69) is 64.9 Å². The molecule has 3 aromatic rings. The standard InChI is InChI=1S/C24H25ClN4S/c1-16-14-19-23(27-21-8-4-5-9-22(21)28-24(19)30-16)29-13-12-26-18(15-29)11-10-17-6-2-3-7-20(17)25/h2-9,14,18,26,28H,10-13,15H2,1H3/t18-/m0/s1. The van der Waals surface area contributed by atoms with Crippen LogP contribution in [0.15, 0.2) is 59.6 Å². The molecule has 1 fully saturated rings. The molecule has 30 heavy (non-hydrogen) atoms. The fourth-order valence-electron chi connectivity index (χ4n) is 4.23. The summed E-state index contributed by atoms with van der Waals surface area (Å²) in [5, 5.41) is 9.34. The normalized spacial score (nSPS) is 18.1. The molecule has 0 saturated carbocycles. The summed E-state index contributed by atoms with van der Waals surface area (Å²) in [6.45, 7) is 5.02. The number of piperazine rings is 1. The molecule has 2 aliphatic rings. The number of hydrogen-bond acceptors (Lipinski definition) is 5. The summed E-state index contributed by atoms with van der Waals surface area (Å²) in [5.74, 6) is 1.08. The van der Waals surface area contributed by atoms with Crippen LogP contribution in [-0.2, 0) is 6.42 Å². The molecular weight excluding hydrogens is 412 g/mol. The molecule has 0 radical (unpaired) electrons. The van der Waals surface area contributed by atoms with E-state index in [4.69, 9.17) is 16.6 Å². The molecule has 2 aliphatic heterocycles. The largest absolute Gasteiger partial charge is 0.353 e. The summed E-state index contributed by atoms with van der Waals surface area (Å²) in [5.41, 5.74) is 4.50. The highest BCUT2D eigenvalue weighted by Crippen LogP contribution is 2.39. The van der Waals surface area contributed by atoms with Gasteiger partial charge in [-0.05, 0) is 49.6 Å². The monoisotopic (exact) mass is 436 g/mol. The molecule has 0 spiro atoms. The molecule has 0 unspecified atom stereocenters. The summed E-state index contributed by atoms with van der Waals surface area (Å²) in [4.78, 5) is 8.87. The molecule has 1 aromatic heterocycles. The Hall–Kier alpha value is -2.34. The number of nitrogens with zero attached hydrogens (tertiary/aromatic N) is 2. The fourth-order valence-corrected chi connectivity index (χ4v) is 5.38. The Kier molecular flexibility index (Phi) is 5.50. The fraction of sp³-hybridized carbons (Fsp3) is 0.292. The average molecular weight is 437 g/mol. The van der Waals surface area contributed by atoms with Crippen molar-refractivity contribution < 1.29 is 0 Å². The maximum Gasteiger partial charge on any atom is 0.139 e. The predicted molar refractivity (Wildman–Crippen MR) is 128 cm³/mol. The van der Waals surface area contributed by atoms with Gasteiger partial charge in [0.25, 0.3) is 0 Å². The number of fused-ring (bicyclic) bond motifs is 2. The minimum Gasteiger partial charge on any atom is -0.353 e. The molecule has 1 saturated heterocycles. The van der Waals surface area contributed by atoms with E-state index in [1.54, 1.807) is 11.3 Å². The first-order chi connectivity index (χ1) is 14.7. The summed E-state index contributed by atoms with van der Waals surface area (Å²) in [6, 6.07) is 19.1. The highest BCUT2D eigenvalue weighted by Gasteiger charge is 2.27. The first kappa shape index (κ1) is 19.6. The molecule has 5 rings (SSSR count). The van der Waals surface area contributed by atoms with Gasteiger partial charge >= 0.3 is 0 Å². The van der Waals surface area contributed by atoms with E-state index < -0.39 is 0 Å². The highest BCUT2D eigenvalue weighted by atomic mass is 35.5. The van der Waals surface area contributed by atoms with Gasteiger partial charge in [-0.3, -0.25) is 0 Å². The van der Waals surface area contributed by atoms with Crippen molar-refractivity contribution in [3.63, 3.8) is 0 Å². The van der Waals surface area contributed by atoms with Crippen LogP contribution in [0.4, 0.5) is 16.4 Å². The molecule has 6 heteroatoms. The maximum absolute atomic E-state index is 6.36. The number of aryl methyl sites for hydroxylation is 2. The van der Waals surface area contributed by atoms with Crippen molar-refractivity contribution in [2.75, 3.05) is 25.0 Å². The van der Waals surface area contributed by atoms with Crippen molar-refractivity contribution >= 4 is 45.1 Å². The van der Waals surface area contributed by atoms with Crippen LogP contribution in [-0.4, -0.2) is 36.4 Å². The lowest BCUT2D eigenvalue weighted by Crippen LogP contribution is -2.52. The van der Waals surface area contributed by atoms with Crippen LogP contribution in [0.2, 0.25) is 5.02 Å². The van der Waals surface area contributed by atoms with Crippen LogP contribution in [0.3, 0.4) is 0 Å². The number of halogens is 1. The van der Waals surface area contributed by atoms with Crippen molar-refractivity contribution in [2.24, 2.45) is 4.99 Å². The number of thiophene rings is 1. The third kappa shape index (κ3) is 3.97. The zero-order valence-electron chi connectivity index (χ0n) is 17.0. The van der Waals surface area contributed by atoms with E-state index in [1.165, 1.54) is 21.0 Å². The van der Waals surface area contributed by atoms with Crippen molar-refractivity contribution in [3.8, 4) is 0 Å². The van der Waals surface area contributed by atoms with Gasteiger partial charge in [0.05, 0.1) is 16.9 Å². The van der Waals surface area contributed by atoms with E-state index in [-0.39, 0.29) is 0 Å². The molecule has 0 bridgehead atoms. The third-order valence-corrected chi connectivity index (χ3v) is 7.08. The number of amidine groups is 1. The summed E-state index contributed by atoms with van der Waals surface area (Å²) in [6.07, 6.45) is 2.03. The second-order valence-electron chi connectivity index (χ2n) is 7.90. The number of benzene rings is 2. The van der Waals surface area contributed by atoms with Crippen LogP contribution in [0.5, 0.6) is 0 Å². The first-order valence-electron chi connectivity index (χ1n) is 10.4. The van der Waals surface area contributed by atoms with Crippen molar-refractivity contribution in [1.29, 1.82) is 0 Å². The molecular formula is C24H25ClN4S. The van der Waals surface area contributed by atoms with Gasteiger partial charge in [0.2, 0.25) is 0 Å². The van der Waals surface area contributed by atoms with E-state index in [0.717, 1.165) is 54.7 Å². The van der Waals surface area contributed by atoms with E-state index in [9.17, 15) is 0 Å². The minimum absolute atomic E-state index is 0.410. The number of para-hydroxylation sites is 2. The Bertz CT molecular complexity index is 1090. The Morgan fingerprint density at radius 3 is 2.90 bits per heavy atom. The van der Waals surface area contributed by atoms with Gasteiger partial charge in [0.15, 0.2) is 0 Å². The molecule has 1 atom stereocenters. The second-order valence-corrected chi connectivity index (χ2v) is 9.57. The Balaban J connectivity index is 1.39. The van der Waals surface area contributed by atoms with E-state index >= 15 is 0 Å². The van der Waals surface area contributed by atoms with E-state index in [1.807, 2.05) is 12.1 Å². The SMILES string of the molecule is Cc1cc2c(s1)Nc1ccccc1N=C2N1CCN[C@@H](CCc2ccccc2Cl)C1. The lowest BCUT2D eigenvalue weighted by molar-refractivity contribution is 0.282. The number of rotatable bonds is 3. The molecule has 0 amide bonds. The van der Waals surface area contributed by atoms with Gasteiger partial charge < -0.3 is 15.5 Å². The van der Waals surface area contributed by atoms with Gasteiger partial charge in [-0.1, -0.05) is 41.9 Å². The first-order valence-corrected chi connectivity index (χ1v) is 11.6. The summed E-state index contributed by atoms with van der Waals surface area (Å²) in [7, 11) is 0. The number of nitrogens with one attached hydrogen (secondary N) is 2. The number of hydrogen-bond donors (Lipinski definition) is 2. The second kappa shape index (κ2) is 8.42. The molecule has 2 aromatic carbocycles. The molecule has 154 valence electrons. The van der Waals surface area contributed by atoms with Crippen molar-refractivity contribution in [2.45, 2.75) is 25.8 Å². The summed E-state index contributed by atoms with van der Waals surface area (Å²) >= 11 is 8.16. The van der Waals surface area contributed by atoms with Crippen molar-refractivity contribution in [3.05, 3.63) is 75.6 Å². The number of aliphatic imine (C=N–C) groups is 1. The third-order valence-electron chi connectivity index (χ3n) is 5.75. The highest BCUT2D eigenvalue weighted by molar-refractivity contribution is 7.16. The molecule has 4 nitrogen and oxygen atoms in total. The van der Waals surface area contributed by atoms with Gasteiger partial charge in [-0.2, -0.15) is 0 Å². The Labute approximate surface area is 186 Å². The Morgan fingerprint density at radius 1 is 1.17 bits per heavy atom. The zero-order valence-corrected chi connectivity index (χ0v) is 18.6. The van der Waals surface area contributed by atoms with Crippen LogP contribution >= 0.6 is 22.9 Å². The lowest BCUT2D eigenvalue weighted by atomic mass is 10.0. The van der Waals surface area contributed by atoms with Gasteiger partial charge in [-0.25, -0.2) is 4.99 Å². The van der Waals surface area contributed by atoms with Crippen LogP contribution in [0, 0.1) is 6.92 Å². The van der Waals surface area contributed by atoms with Gasteiger partial charge in [0, 0.05) is 35.6 Å². The summed E-state index contributed by atoms with van der Waals surface area (Å²) < 4.78 is 0. The Morgan fingerprint density at radius 2 is 2.00 bits per heavy atom. The smallest absolute Gasteiger partial charge is 0.139 e. The topological polar surface area (TPSA) is 39.7 Å². The van der Waals surface area contributed by atoms with Crippen LogP contribution in [0.1, 0.15) is 22.4 Å². The van der Waals surface area contributed by atoms with Gasteiger partial charge in [0.1, 0.15) is 10.8 Å². The minimum atomic E-state index is 0.410. The quantitative estimate of drug-likeness (QED) is 0.549. The van der Waals surface area contributed by atoms with Crippen LogP contribution in [0.25, 0.3) is 0 Å². The molecule has 3 heterocycles. The zero-order chi connectivity index (χ0) is 20.5. The van der Waals surface area contributed by atoms with E-state index in [0.29, 0.717) is 6.04 Å². The van der Waals surface area contributed by atoms with Crippen LogP contribution < -0.4 is 10.6 Å². The number of anilines is 2. The lowest BCUT2D eigenvalue weighted by Gasteiger charge is -2.36. The molecule has 0 aliphatic carbocycles. The maximum atomic E-state index is 6.36. The molecule has 2 N–H and O–H groups in total.